The molecule has 1 aromatic rings. The molecule has 1 aliphatic heterocycles. The molecule has 1 saturated heterocycles. The number of halogens is 1. The molecular weight excluding hydrogens is 264 g/mol. The molecule has 106 valence electrons. The summed E-state index contributed by atoms with van der Waals surface area (Å²) in [6, 6.07) is 0.550. The van der Waals surface area contributed by atoms with Gasteiger partial charge in [-0.3, -0.25) is 9.89 Å². The van der Waals surface area contributed by atoms with E-state index in [0.717, 1.165) is 38.0 Å². The summed E-state index contributed by atoms with van der Waals surface area (Å²) in [7, 11) is 4.19. The highest BCUT2D eigenvalue weighted by atomic mass is 35.5. The fourth-order valence-electron chi connectivity index (χ4n) is 2.51. The second-order valence-corrected chi connectivity index (χ2v) is 5.73. The summed E-state index contributed by atoms with van der Waals surface area (Å²) < 4.78 is 0. The molecule has 1 aliphatic rings. The number of amides is 1. The Hall–Kier alpha value is -1.07. The first kappa shape index (κ1) is 14.3. The largest absolute Gasteiger partial charge is 0.337 e. The van der Waals surface area contributed by atoms with Crippen molar-refractivity contribution >= 4 is 17.5 Å². The van der Waals surface area contributed by atoms with Crippen LogP contribution in [0.4, 0.5) is 0 Å². The smallest absolute Gasteiger partial charge is 0.275 e. The zero-order valence-corrected chi connectivity index (χ0v) is 12.5. The van der Waals surface area contributed by atoms with Gasteiger partial charge >= 0.3 is 0 Å². The molecule has 0 bridgehead atoms. The maximum atomic E-state index is 12.4. The highest BCUT2D eigenvalue weighted by molar-refractivity contribution is 6.34. The van der Waals surface area contributed by atoms with Crippen molar-refractivity contribution in [3.8, 4) is 0 Å². The molecule has 2 heterocycles. The maximum Gasteiger partial charge on any atom is 0.275 e. The molecule has 1 N–H and O–H groups in total. The first-order chi connectivity index (χ1) is 9.00. The number of aryl methyl sites for hydroxylation is 1. The summed E-state index contributed by atoms with van der Waals surface area (Å²) in [6.07, 6.45) is 3.15. The second-order valence-electron chi connectivity index (χ2n) is 5.35. The average Bonchev–Trinajstić information content (AvgIpc) is 2.60. The van der Waals surface area contributed by atoms with E-state index in [9.17, 15) is 4.79 Å². The lowest BCUT2D eigenvalue weighted by Crippen LogP contribution is -2.34. The number of carbonyl (C=O) groups is 1. The van der Waals surface area contributed by atoms with Gasteiger partial charge in [-0.2, -0.15) is 5.10 Å². The topological polar surface area (TPSA) is 52.2 Å². The summed E-state index contributed by atoms with van der Waals surface area (Å²) in [4.78, 5) is 16.5. The van der Waals surface area contributed by atoms with Gasteiger partial charge in [-0.15, -0.1) is 0 Å². The molecule has 1 fully saturated rings. The van der Waals surface area contributed by atoms with Crippen LogP contribution in [0.2, 0.25) is 5.02 Å². The van der Waals surface area contributed by atoms with Crippen LogP contribution < -0.4 is 0 Å². The van der Waals surface area contributed by atoms with Crippen molar-refractivity contribution in [1.82, 2.24) is 20.0 Å². The van der Waals surface area contributed by atoms with Gasteiger partial charge in [0.05, 0.1) is 10.7 Å². The van der Waals surface area contributed by atoms with Crippen LogP contribution in [0.1, 0.15) is 35.4 Å². The van der Waals surface area contributed by atoms with E-state index in [1.54, 1.807) is 0 Å². The number of nitrogens with zero attached hydrogens (tertiary/aromatic N) is 3. The van der Waals surface area contributed by atoms with Gasteiger partial charge in [0.15, 0.2) is 5.69 Å². The summed E-state index contributed by atoms with van der Waals surface area (Å²) >= 11 is 6.09. The third-order valence-corrected chi connectivity index (χ3v) is 4.25. The van der Waals surface area contributed by atoms with Crippen LogP contribution in [0.15, 0.2) is 0 Å². The minimum Gasteiger partial charge on any atom is -0.337 e. The predicted molar refractivity (Wildman–Crippen MR) is 75.6 cm³/mol. The Morgan fingerprint density at radius 1 is 1.42 bits per heavy atom. The number of likely N-dealkylation sites (tertiary alicyclic amines) is 1. The van der Waals surface area contributed by atoms with Gasteiger partial charge in [0, 0.05) is 19.1 Å². The van der Waals surface area contributed by atoms with Crippen LogP contribution in [0.5, 0.6) is 0 Å². The van der Waals surface area contributed by atoms with Gasteiger partial charge < -0.3 is 9.80 Å². The van der Waals surface area contributed by atoms with Gasteiger partial charge in [0.25, 0.3) is 5.91 Å². The predicted octanol–water partition coefficient (Wildman–Crippen LogP) is 1.93. The Labute approximate surface area is 118 Å². The fourth-order valence-corrected chi connectivity index (χ4v) is 2.67. The van der Waals surface area contributed by atoms with Gasteiger partial charge in [-0.1, -0.05) is 11.6 Å². The number of aromatic nitrogens is 2. The fraction of sp³-hybridized carbons (Fsp3) is 0.692. The van der Waals surface area contributed by atoms with Crippen molar-refractivity contribution in [3.05, 3.63) is 16.4 Å². The van der Waals surface area contributed by atoms with Crippen molar-refractivity contribution in [2.45, 2.75) is 32.2 Å². The van der Waals surface area contributed by atoms with E-state index in [1.807, 2.05) is 11.8 Å². The van der Waals surface area contributed by atoms with E-state index >= 15 is 0 Å². The zero-order chi connectivity index (χ0) is 14.0. The Balaban J connectivity index is 2.06. The third kappa shape index (κ3) is 3.09. The van der Waals surface area contributed by atoms with E-state index in [0.29, 0.717) is 16.8 Å². The SMILES string of the molecule is Cc1[nH]nc(C(=O)N2CCC[C@H](N(C)C)CC2)c1Cl. The minimum atomic E-state index is -0.0613. The van der Waals surface area contributed by atoms with Gasteiger partial charge in [-0.05, 0) is 40.3 Å². The summed E-state index contributed by atoms with van der Waals surface area (Å²) in [5.41, 5.74) is 1.09. The molecule has 1 aromatic heterocycles. The molecule has 0 aliphatic carbocycles. The lowest BCUT2D eigenvalue weighted by atomic mass is 10.1. The first-order valence-corrected chi connectivity index (χ1v) is 7.04. The van der Waals surface area contributed by atoms with Crippen LogP contribution in [-0.2, 0) is 0 Å². The normalized spacial score (nSPS) is 20.7. The van der Waals surface area contributed by atoms with Crippen LogP contribution in [0.25, 0.3) is 0 Å². The van der Waals surface area contributed by atoms with Crippen molar-refractivity contribution in [2.75, 3.05) is 27.2 Å². The van der Waals surface area contributed by atoms with E-state index in [4.69, 9.17) is 11.6 Å². The molecule has 1 atom stereocenters. The molecule has 0 aromatic carbocycles. The zero-order valence-electron chi connectivity index (χ0n) is 11.7. The standard InChI is InChI=1S/C13H21ClN4O/c1-9-11(14)12(16-15-9)13(19)18-7-4-5-10(6-8-18)17(2)3/h10H,4-8H2,1-3H3,(H,15,16)/t10-/m0/s1. The maximum absolute atomic E-state index is 12.4. The van der Waals surface area contributed by atoms with Gasteiger partial charge in [0.1, 0.15) is 0 Å². The molecule has 0 radical (unpaired) electrons. The van der Waals surface area contributed by atoms with E-state index in [1.165, 1.54) is 0 Å². The first-order valence-electron chi connectivity index (χ1n) is 6.67. The highest BCUT2D eigenvalue weighted by Crippen LogP contribution is 2.21. The van der Waals surface area contributed by atoms with Crippen LogP contribution in [0.3, 0.4) is 0 Å². The number of aromatic amines is 1. The van der Waals surface area contributed by atoms with Crippen LogP contribution in [0, 0.1) is 6.92 Å². The Bertz CT molecular complexity index is 457. The van der Waals surface area contributed by atoms with Crippen molar-refractivity contribution in [3.63, 3.8) is 0 Å². The quantitative estimate of drug-likeness (QED) is 0.903. The Morgan fingerprint density at radius 2 is 2.16 bits per heavy atom. The number of H-pyrrole nitrogens is 1. The lowest BCUT2D eigenvalue weighted by Gasteiger charge is -2.23. The summed E-state index contributed by atoms with van der Waals surface area (Å²) in [5.74, 6) is -0.0613. The average molecular weight is 285 g/mol. The van der Waals surface area contributed by atoms with E-state index in [2.05, 4.69) is 29.2 Å². The molecule has 2 rings (SSSR count). The molecule has 6 heteroatoms. The lowest BCUT2D eigenvalue weighted by molar-refractivity contribution is 0.0753. The summed E-state index contributed by atoms with van der Waals surface area (Å²) in [6.45, 7) is 3.37. The molecular formula is C13H21ClN4O. The van der Waals surface area contributed by atoms with Crippen molar-refractivity contribution in [1.29, 1.82) is 0 Å². The highest BCUT2D eigenvalue weighted by Gasteiger charge is 2.25. The number of hydrogen-bond donors (Lipinski definition) is 1. The molecule has 0 spiro atoms. The number of nitrogens with one attached hydrogen (secondary N) is 1. The van der Waals surface area contributed by atoms with E-state index in [-0.39, 0.29) is 5.91 Å². The second kappa shape index (κ2) is 5.92. The van der Waals surface area contributed by atoms with E-state index < -0.39 is 0 Å². The third-order valence-electron chi connectivity index (χ3n) is 3.79. The molecule has 5 nitrogen and oxygen atoms in total. The van der Waals surface area contributed by atoms with Crippen molar-refractivity contribution in [2.24, 2.45) is 0 Å². The Kier molecular flexibility index (Phi) is 4.47. The number of hydrogen-bond acceptors (Lipinski definition) is 3. The minimum absolute atomic E-state index is 0.0613. The number of rotatable bonds is 2. The van der Waals surface area contributed by atoms with Gasteiger partial charge in [-0.25, -0.2) is 0 Å². The monoisotopic (exact) mass is 284 g/mol. The molecule has 0 unspecified atom stereocenters. The summed E-state index contributed by atoms with van der Waals surface area (Å²) in [5, 5.41) is 7.22. The van der Waals surface area contributed by atoms with Gasteiger partial charge in [0.2, 0.25) is 0 Å². The van der Waals surface area contributed by atoms with Crippen LogP contribution in [-0.4, -0.2) is 59.1 Å². The molecule has 19 heavy (non-hydrogen) atoms. The molecule has 1 amide bonds. The Morgan fingerprint density at radius 3 is 2.74 bits per heavy atom. The molecule has 0 saturated carbocycles. The number of carbonyl (C=O) groups excluding carboxylic acids is 1. The van der Waals surface area contributed by atoms with Crippen molar-refractivity contribution < 1.29 is 4.79 Å². The van der Waals surface area contributed by atoms with Crippen LogP contribution >= 0.6 is 11.6 Å².